The second-order valence-corrected chi connectivity index (χ2v) is 10.6. The van der Waals surface area contributed by atoms with Gasteiger partial charge in [0, 0.05) is 33.3 Å². The van der Waals surface area contributed by atoms with E-state index in [1.165, 1.54) is 0 Å². The Bertz CT molecular complexity index is 893. The first kappa shape index (κ1) is 24.4. The summed E-state index contributed by atoms with van der Waals surface area (Å²) in [4.78, 5) is 28.9. The van der Waals surface area contributed by atoms with E-state index in [0.29, 0.717) is 21.2 Å². The highest BCUT2D eigenvalue weighted by Gasteiger charge is 2.57. The number of benzene rings is 2. The molecule has 4 nitrogen and oxygen atoms in total. The Balaban J connectivity index is 1.87. The van der Waals surface area contributed by atoms with E-state index in [1.54, 1.807) is 48.5 Å². The van der Waals surface area contributed by atoms with Crippen LogP contribution in [0.15, 0.2) is 48.5 Å². The van der Waals surface area contributed by atoms with Crippen molar-refractivity contribution in [2.24, 2.45) is 28.7 Å². The average Bonchev–Trinajstić information content (AvgIpc) is 2.82. The van der Waals surface area contributed by atoms with Gasteiger partial charge in [0.25, 0.3) is 0 Å². The molecule has 0 saturated heterocycles. The van der Waals surface area contributed by atoms with Crippen LogP contribution in [0.5, 0.6) is 0 Å². The lowest BCUT2D eigenvalue weighted by molar-refractivity contribution is 0.0211. The minimum atomic E-state index is -1.15. The highest BCUT2D eigenvalue weighted by atomic mass is 35.5. The molecule has 2 saturated carbocycles. The normalized spacial score (nSPS) is 26.1. The Hall–Kier alpha value is -1.72. The quantitative estimate of drug-likeness (QED) is 0.382. The molecule has 2 aliphatic rings. The lowest BCUT2D eigenvalue weighted by atomic mass is 9.53. The number of carbonyl (C=O) groups excluding carboxylic acids is 2. The van der Waals surface area contributed by atoms with Crippen LogP contribution in [-0.4, -0.2) is 23.7 Å². The monoisotopic (exact) mass is 486 g/mol. The number of Topliss-reactive ketones (excluding diaryl/α,β-unsaturated/α-hetero) is 2. The molecule has 176 valence electrons. The summed E-state index contributed by atoms with van der Waals surface area (Å²) in [5.41, 5.74) is 12.4. The SMILES string of the molecule is NC1CCC(C(C(=O)c2ccc(Cl)cc2)(C(=O)c2ccc(Cl)cc2)C2CCC(N)CC2)CC1. The van der Waals surface area contributed by atoms with E-state index in [0.717, 1.165) is 51.4 Å². The Morgan fingerprint density at radius 2 is 0.909 bits per heavy atom. The number of hydrogen-bond donors (Lipinski definition) is 2. The number of hydrogen-bond acceptors (Lipinski definition) is 4. The Kier molecular flexibility index (Phi) is 7.59. The Morgan fingerprint density at radius 3 is 1.21 bits per heavy atom. The van der Waals surface area contributed by atoms with Crippen LogP contribution in [-0.2, 0) is 0 Å². The lowest BCUT2D eigenvalue weighted by Gasteiger charge is -2.48. The van der Waals surface area contributed by atoms with Crippen molar-refractivity contribution in [2.75, 3.05) is 0 Å². The second kappa shape index (κ2) is 10.3. The van der Waals surface area contributed by atoms with Gasteiger partial charge in [-0.3, -0.25) is 9.59 Å². The van der Waals surface area contributed by atoms with Gasteiger partial charge >= 0.3 is 0 Å². The van der Waals surface area contributed by atoms with Crippen molar-refractivity contribution in [1.29, 1.82) is 0 Å². The zero-order chi connectivity index (χ0) is 23.6. The molecule has 6 heteroatoms. The highest BCUT2D eigenvalue weighted by Crippen LogP contribution is 2.52. The number of carbonyl (C=O) groups is 2. The van der Waals surface area contributed by atoms with Crippen molar-refractivity contribution in [1.82, 2.24) is 0 Å². The summed E-state index contributed by atoms with van der Waals surface area (Å²) in [5, 5.41) is 1.13. The van der Waals surface area contributed by atoms with Crippen molar-refractivity contribution in [2.45, 2.75) is 63.5 Å². The standard InChI is InChI=1S/C27H32Cl2N2O2/c28-21-9-1-17(2-10-21)25(32)27(19-5-13-23(30)14-6-19,20-7-15-24(31)16-8-20)26(33)18-3-11-22(29)12-4-18/h1-4,9-12,19-20,23-24H,5-8,13-16,30-31H2. The maximum atomic E-state index is 14.5. The molecule has 4 rings (SSSR count). The van der Waals surface area contributed by atoms with Gasteiger partial charge in [-0.1, -0.05) is 23.2 Å². The summed E-state index contributed by atoms with van der Waals surface area (Å²) >= 11 is 12.2. The van der Waals surface area contributed by atoms with Crippen LogP contribution >= 0.6 is 23.2 Å². The van der Waals surface area contributed by atoms with Crippen LogP contribution in [0, 0.1) is 17.3 Å². The fourth-order valence-corrected chi connectivity index (χ4v) is 6.26. The van der Waals surface area contributed by atoms with Crippen LogP contribution in [0.3, 0.4) is 0 Å². The number of nitrogens with two attached hydrogens (primary N) is 2. The third-order valence-corrected chi connectivity index (χ3v) is 8.30. The molecule has 2 aromatic rings. The molecule has 0 amide bonds. The fraction of sp³-hybridized carbons (Fsp3) is 0.481. The van der Waals surface area contributed by atoms with Gasteiger partial charge < -0.3 is 11.5 Å². The van der Waals surface area contributed by atoms with Gasteiger partial charge in [0.1, 0.15) is 5.41 Å². The smallest absolute Gasteiger partial charge is 0.177 e. The molecule has 0 heterocycles. The zero-order valence-corrected chi connectivity index (χ0v) is 20.3. The molecule has 0 unspecified atom stereocenters. The number of halogens is 2. The van der Waals surface area contributed by atoms with Crippen molar-refractivity contribution < 1.29 is 9.59 Å². The zero-order valence-electron chi connectivity index (χ0n) is 18.8. The summed E-state index contributed by atoms with van der Waals surface area (Å²) < 4.78 is 0. The molecule has 0 bridgehead atoms. The topological polar surface area (TPSA) is 86.2 Å². The van der Waals surface area contributed by atoms with E-state index in [1.807, 2.05) is 0 Å². The van der Waals surface area contributed by atoms with Crippen molar-refractivity contribution >= 4 is 34.8 Å². The van der Waals surface area contributed by atoms with E-state index in [4.69, 9.17) is 34.7 Å². The molecule has 0 aliphatic heterocycles. The van der Waals surface area contributed by atoms with E-state index < -0.39 is 5.41 Å². The number of rotatable bonds is 6. The highest BCUT2D eigenvalue weighted by molar-refractivity contribution is 6.31. The molecular formula is C27H32Cl2N2O2. The Labute approximate surface area is 206 Å². The maximum Gasteiger partial charge on any atom is 0.177 e. The van der Waals surface area contributed by atoms with Gasteiger partial charge in [0.15, 0.2) is 11.6 Å². The first-order chi connectivity index (χ1) is 15.8. The second-order valence-electron chi connectivity index (χ2n) is 9.76. The summed E-state index contributed by atoms with van der Waals surface area (Å²) in [6.07, 6.45) is 6.34. The predicted octanol–water partition coefficient (Wildman–Crippen LogP) is 6.08. The van der Waals surface area contributed by atoms with Gasteiger partial charge in [0.05, 0.1) is 0 Å². The minimum absolute atomic E-state index is 0.0667. The summed E-state index contributed by atoms with van der Waals surface area (Å²) in [6, 6.07) is 14.1. The summed E-state index contributed by atoms with van der Waals surface area (Å²) in [6.45, 7) is 0. The molecule has 4 N–H and O–H groups in total. The van der Waals surface area contributed by atoms with Gasteiger partial charge in [-0.05, 0) is 112 Å². The van der Waals surface area contributed by atoms with E-state index in [-0.39, 0.29) is 35.5 Å². The largest absolute Gasteiger partial charge is 0.328 e. The average molecular weight is 487 g/mol. The van der Waals surface area contributed by atoms with E-state index in [2.05, 4.69) is 0 Å². The summed E-state index contributed by atoms with van der Waals surface area (Å²) in [7, 11) is 0. The molecule has 0 aromatic heterocycles. The predicted molar refractivity (Wildman–Crippen MR) is 134 cm³/mol. The number of ketones is 2. The third kappa shape index (κ3) is 4.90. The maximum absolute atomic E-state index is 14.5. The molecule has 2 aliphatic carbocycles. The van der Waals surface area contributed by atoms with Crippen LogP contribution in [0.1, 0.15) is 72.1 Å². The molecule has 0 atom stereocenters. The minimum Gasteiger partial charge on any atom is -0.328 e. The van der Waals surface area contributed by atoms with Gasteiger partial charge in [0.2, 0.25) is 0 Å². The molecular weight excluding hydrogens is 455 g/mol. The van der Waals surface area contributed by atoms with Crippen molar-refractivity contribution in [3.05, 3.63) is 69.7 Å². The van der Waals surface area contributed by atoms with Crippen LogP contribution in [0.2, 0.25) is 10.0 Å². The molecule has 2 fully saturated rings. The molecule has 0 spiro atoms. The van der Waals surface area contributed by atoms with Crippen LogP contribution < -0.4 is 11.5 Å². The molecule has 33 heavy (non-hydrogen) atoms. The van der Waals surface area contributed by atoms with Crippen LogP contribution in [0.25, 0.3) is 0 Å². The van der Waals surface area contributed by atoms with E-state index >= 15 is 0 Å². The first-order valence-electron chi connectivity index (χ1n) is 11.9. The molecule has 0 radical (unpaired) electrons. The van der Waals surface area contributed by atoms with Crippen LogP contribution in [0.4, 0.5) is 0 Å². The van der Waals surface area contributed by atoms with Gasteiger partial charge in [-0.2, -0.15) is 0 Å². The molecule has 2 aromatic carbocycles. The lowest BCUT2D eigenvalue weighted by Crippen LogP contribution is -2.54. The summed E-state index contributed by atoms with van der Waals surface area (Å²) in [5.74, 6) is -0.328. The van der Waals surface area contributed by atoms with Gasteiger partial charge in [-0.25, -0.2) is 0 Å². The van der Waals surface area contributed by atoms with Crippen molar-refractivity contribution in [3.63, 3.8) is 0 Å². The Morgan fingerprint density at radius 1 is 0.606 bits per heavy atom. The first-order valence-corrected chi connectivity index (χ1v) is 12.7. The van der Waals surface area contributed by atoms with Crippen molar-refractivity contribution in [3.8, 4) is 0 Å². The third-order valence-electron chi connectivity index (χ3n) is 7.80. The van der Waals surface area contributed by atoms with Gasteiger partial charge in [-0.15, -0.1) is 0 Å². The fourth-order valence-electron chi connectivity index (χ4n) is 6.01. The van der Waals surface area contributed by atoms with E-state index in [9.17, 15) is 9.59 Å².